The Labute approximate surface area is 102 Å². The second-order valence-corrected chi connectivity index (χ2v) is 3.74. The van der Waals surface area contributed by atoms with E-state index >= 15 is 0 Å². The van der Waals surface area contributed by atoms with Crippen LogP contribution in [0.2, 0.25) is 0 Å². The van der Waals surface area contributed by atoms with E-state index in [-0.39, 0.29) is 11.3 Å². The number of alkyl halides is 2. The fourth-order valence-corrected chi connectivity index (χ4v) is 1.63. The molecule has 3 nitrogen and oxygen atoms in total. The van der Waals surface area contributed by atoms with Crippen molar-refractivity contribution in [2.75, 3.05) is 0 Å². The number of hydrogen-bond donors (Lipinski definition) is 0. The molecule has 0 unspecified atom stereocenters. The maximum absolute atomic E-state index is 12.0. The maximum Gasteiger partial charge on any atom is 0.387 e. The molecule has 0 atom stereocenters. The molecule has 0 radical (unpaired) electrons. The molecule has 0 aliphatic rings. The zero-order valence-electron chi connectivity index (χ0n) is 9.64. The van der Waals surface area contributed by atoms with Gasteiger partial charge in [-0.2, -0.15) is 8.78 Å². The van der Waals surface area contributed by atoms with Crippen molar-refractivity contribution < 1.29 is 13.5 Å². The molecule has 0 aliphatic carbocycles. The zero-order valence-corrected chi connectivity index (χ0v) is 9.64. The molecule has 2 rings (SSSR count). The number of benzene rings is 1. The molecular weight excluding hydrogens is 240 g/mol. The Balaban J connectivity index is 2.35. The molecule has 0 N–H and O–H groups in total. The molecule has 18 heavy (non-hydrogen) atoms. The van der Waals surface area contributed by atoms with Gasteiger partial charge in [-0.05, 0) is 29.8 Å². The summed E-state index contributed by atoms with van der Waals surface area (Å²) in [5.74, 6) is 0.0708. The third-order valence-corrected chi connectivity index (χ3v) is 2.51. The van der Waals surface area contributed by atoms with Crippen molar-refractivity contribution in [2.45, 2.75) is 6.61 Å². The number of hydrogen-bond acceptors (Lipinski definition) is 2. The van der Waals surface area contributed by atoms with Crippen LogP contribution < -0.4 is 10.3 Å². The molecule has 0 spiro atoms. The van der Waals surface area contributed by atoms with Crippen LogP contribution in [0.3, 0.4) is 0 Å². The molecule has 0 amide bonds. The molecule has 5 heteroatoms. The molecule has 1 heterocycles. The van der Waals surface area contributed by atoms with Crippen LogP contribution >= 0.6 is 0 Å². The van der Waals surface area contributed by atoms with Gasteiger partial charge in [0, 0.05) is 18.8 Å². The number of rotatable bonds is 3. The summed E-state index contributed by atoms with van der Waals surface area (Å²) >= 11 is 0. The first-order valence-corrected chi connectivity index (χ1v) is 5.29. The first-order chi connectivity index (χ1) is 8.58. The van der Waals surface area contributed by atoms with Crippen molar-refractivity contribution in [1.29, 1.82) is 0 Å². The average Bonchev–Trinajstić information content (AvgIpc) is 2.33. The number of ether oxygens (including phenoxy) is 1. The van der Waals surface area contributed by atoms with E-state index < -0.39 is 6.61 Å². The third kappa shape index (κ3) is 2.56. The van der Waals surface area contributed by atoms with Gasteiger partial charge in [-0.25, -0.2) is 0 Å². The van der Waals surface area contributed by atoms with Crippen LogP contribution in [0.5, 0.6) is 5.75 Å². The zero-order chi connectivity index (χ0) is 13.1. The average molecular weight is 251 g/mol. The second-order valence-electron chi connectivity index (χ2n) is 3.74. The summed E-state index contributed by atoms with van der Waals surface area (Å²) in [6.07, 6.45) is 1.65. The Morgan fingerprint density at radius 3 is 2.44 bits per heavy atom. The molecule has 94 valence electrons. The lowest BCUT2D eigenvalue weighted by molar-refractivity contribution is -0.0498. The Bertz CT molecular complexity index is 591. The smallest absolute Gasteiger partial charge is 0.387 e. The van der Waals surface area contributed by atoms with Crippen molar-refractivity contribution >= 4 is 0 Å². The van der Waals surface area contributed by atoms with E-state index in [0.717, 1.165) is 0 Å². The van der Waals surface area contributed by atoms with Gasteiger partial charge in [0.2, 0.25) is 0 Å². The van der Waals surface area contributed by atoms with Gasteiger partial charge in [0.05, 0.1) is 0 Å². The van der Waals surface area contributed by atoms with Crippen LogP contribution in [0.4, 0.5) is 8.78 Å². The number of halogens is 2. The molecule has 0 fully saturated rings. The third-order valence-electron chi connectivity index (χ3n) is 2.51. The van der Waals surface area contributed by atoms with Crippen LogP contribution in [0, 0.1) is 0 Å². The summed E-state index contributed by atoms with van der Waals surface area (Å²) in [4.78, 5) is 11.8. The van der Waals surface area contributed by atoms with Crippen molar-refractivity contribution in [1.82, 2.24) is 4.57 Å². The van der Waals surface area contributed by atoms with E-state index in [0.29, 0.717) is 11.1 Å². The van der Waals surface area contributed by atoms with Gasteiger partial charge in [0.25, 0.3) is 5.56 Å². The molecule has 0 aliphatic heterocycles. The molecule has 1 aromatic carbocycles. The Kier molecular flexibility index (Phi) is 3.41. The van der Waals surface area contributed by atoms with Crippen molar-refractivity contribution in [3.05, 3.63) is 52.9 Å². The number of nitrogens with zero attached hydrogens (tertiary/aromatic N) is 1. The lowest BCUT2D eigenvalue weighted by Crippen LogP contribution is -2.17. The monoisotopic (exact) mass is 251 g/mol. The standard InChI is InChI=1S/C13H11F2NO2/c1-16-8-2-3-11(12(16)17)9-4-6-10(7-5-9)18-13(14)15/h2-8,13H,1H3. The Morgan fingerprint density at radius 1 is 1.17 bits per heavy atom. The van der Waals surface area contributed by atoms with Gasteiger partial charge in [-0.3, -0.25) is 4.79 Å². The van der Waals surface area contributed by atoms with Crippen LogP contribution in [0.15, 0.2) is 47.4 Å². The van der Waals surface area contributed by atoms with Crippen molar-refractivity contribution in [3.63, 3.8) is 0 Å². The lowest BCUT2D eigenvalue weighted by Gasteiger charge is -2.06. The SMILES string of the molecule is Cn1cccc(-c2ccc(OC(F)F)cc2)c1=O. The fourth-order valence-electron chi connectivity index (χ4n) is 1.63. The highest BCUT2D eigenvalue weighted by Crippen LogP contribution is 2.20. The van der Waals surface area contributed by atoms with E-state index in [1.807, 2.05) is 0 Å². The van der Waals surface area contributed by atoms with Crippen LogP contribution in [-0.4, -0.2) is 11.2 Å². The fraction of sp³-hybridized carbons (Fsp3) is 0.154. The molecule has 1 aromatic heterocycles. The lowest BCUT2D eigenvalue weighted by atomic mass is 10.1. The highest BCUT2D eigenvalue weighted by Gasteiger charge is 2.06. The van der Waals surface area contributed by atoms with Crippen LogP contribution in [-0.2, 0) is 7.05 Å². The van der Waals surface area contributed by atoms with Gasteiger partial charge in [0.1, 0.15) is 5.75 Å². The summed E-state index contributed by atoms with van der Waals surface area (Å²) in [7, 11) is 1.65. The largest absolute Gasteiger partial charge is 0.435 e. The number of aryl methyl sites for hydroxylation is 1. The van der Waals surface area contributed by atoms with E-state index in [1.165, 1.54) is 16.7 Å². The summed E-state index contributed by atoms with van der Waals surface area (Å²) in [5, 5.41) is 0. The van der Waals surface area contributed by atoms with Gasteiger partial charge >= 0.3 is 6.61 Å². The summed E-state index contributed by atoms with van der Waals surface area (Å²) in [6, 6.07) is 9.41. The normalized spacial score (nSPS) is 10.7. The predicted octanol–water partition coefficient (Wildman–Crippen LogP) is 2.65. The van der Waals surface area contributed by atoms with Crippen molar-refractivity contribution in [2.24, 2.45) is 7.05 Å². The number of pyridine rings is 1. The van der Waals surface area contributed by atoms with E-state index in [4.69, 9.17) is 0 Å². The minimum absolute atomic E-state index is 0.0708. The molecule has 0 saturated carbocycles. The predicted molar refractivity (Wildman–Crippen MR) is 63.8 cm³/mol. The van der Waals surface area contributed by atoms with Gasteiger partial charge < -0.3 is 9.30 Å². The second kappa shape index (κ2) is 5.00. The topological polar surface area (TPSA) is 31.2 Å². The van der Waals surface area contributed by atoms with Crippen LogP contribution in [0.1, 0.15) is 0 Å². The minimum Gasteiger partial charge on any atom is -0.435 e. The summed E-state index contributed by atoms with van der Waals surface area (Å²) in [6.45, 7) is -2.85. The molecule has 0 saturated heterocycles. The maximum atomic E-state index is 12.0. The summed E-state index contributed by atoms with van der Waals surface area (Å²) < 4.78 is 29.7. The highest BCUT2D eigenvalue weighted by molar-refractivity contribution is 5.63. The van der Waals surface area contributed by atoms with Gasteiger partial charge in [-0.15, -0.1) is 0 Å². The highest BCUT2D eigenvalue weighted by atomic mass is 19.3. The first-order valence-electron chi connectivity index (χ1n) is 5.29. The van der Waals surface area contributed by atoms with E-state index in [2.05, 4.69) is 4.74 Å². The Morgan fingerprint density at radius 2 is 1.83 bits per heavy atom. The van der Waals surface area contributed by atoms with Crippen LogP contribution in [0.25, 0.3) is 11.1 Å². The first kappa shape index (κ1) is 12.3. The molecule has 0 bridgehead atoms. The van der Waals surface area contributed by atoms with Crippen molar-refractivity contribution in [3.8, 4) is 16.9 Å². The molecular formula is C13H11F2NO2. The molecule has 2 aromatic rings. The summed E-state index contributed by atoms with van der Waals surface area (Å²) in [5.41, 5.74) is 1.04. The minimum atomic E-state index is -2.85. The van der Waals surface area contributed by atoms with E-state index in [9.17, 15) is 13.6 Å². The number of aromatic nitrogens is 1. The Hall–Kier alpha value is -2.17. The van der Waals surface area contributed by atoms with E-state index in [1.54, 1.807) is 37.5 Å². The quantitative estimate of drug-likeness (QED) is 0.839. The van der Waals surface area contributed by atoms with Gasteiger partial charge in [0.15, 0.2) is 0 Å². The van der Waals surface area contributed by atoms with Gasteiger partial charge in [-0.1, -0.05) is 12.1 Å².